The van der Waals surface area contributed by atoms with Crippen LogP contribution in [0.2, 0.25) is 0 Å². The molecule has 3 N–H and O–H groups in total. The number of aliphatic carboxylic acids is 1. The van der Waals surface area contributed by atoms with Crippen LogP contribution in [-0.4, -0.2) is 17.7 Å². The molecule has 0 aliphatic carbocycles. The molecule has 0 aromatic carbocycles. The van der Waals surface area contributed by atoms with Crippen LogP contribution in [0.1, 0.15) is 13.3 Å². The quantitative estimate of drug-likeness (QED) is 0.457. The third kappa shape index (κ3) is 4.46. The summed E-state index contributed by atoms with van der Waals surface area (Å²) in [5, 5.41) is 10.3. The molecule has 12 heavy (non-hydrogen) atoms. The van der Waals surface area contributed by atoms with Gasteiger partial charge in [0.1, 0.15) is 11.5 Å². The van der Waals surface area contributed by atoms with Crippen molar-refractivity contribution >= 4 is 13.6 Å². The summed E-state index contributed by atoms with van der Waals surface area (Å²) in [5.74, 6) is -1.46. The maximum absolute atomic E-state index is 10.3. The van der Waals surface area contributed by atoms with E-state index in [1.807, 2.05) is 0 Å². The molecule has 0 saturated heterocycles. The van der Waals surface area contributed by atoms with E-state index < -0.39 is 25.3 Å². The average molecular weight is 195 g/mol. The first-order valence-electron chi connectivity index (χ1n) is 3.23. The van der Waals surface area contributed by atoms with E-state index in [-0.39, 0.29) is 6.42 Å². The Morgan fingerprint density at radius 3 is 2.25 bits per heavy atom. The van der Waals surface area contributed by atoms with E-state index in [4.69, 9.17) is 0 Å². The van der Waals surface area contributed by atoms with Crippen molar-refractivity contribution in [3.8, 4) is 0 Å². The van der Waals surface area contributed by atoms with E-state index in [0.717, 1.165) is 0 Å². The van der Waals surface area contributed by atoms with E-state index in [9.17, 15) is 24.3 Å². The fourth-order valence-electron chi connectivity index (χ4n) is 0.486. The lowest BCUT2D eigenvalue weighted by molar-refractivity contribution is -0.481. The smallest absolute Gasteiger partial charge is 0.132 e. The minimum absolute atomic E-state index is 0.320. The predicted molar refractivity (Wildman–Crippen MR) is 33.4 cm³/mol. The first kappa shape index (κ1) is 11.6. The number of hydrogen-bond donors (Lipinski definition) is 1. The first-order chi connectivity index (χ1) is 5.15. The largest absolute Gasteiger partial charge is 0.811 e. The molecule has 0 rings (SSSR count). The van der Waals surface area contributed by atoms with Gasteiger partial charge in [0.25, 0.3) is 0 Å². The zero-order valence-electron chi connectivity index (χ0n) is 6.61. The molecule has 0 unspecified atom stereocenters. The Balaban J connectivity index is 4.10. The van der Waals surface area contributed by atoms with Gasteiger partial charge >= 0.3 is 0 Å². The Labute approximate surface area is 69.5 Å². The van der Waals surface area contributed by atoms with Gasteiger partial charge in [0.2, 0.25) is 0 Å². The van der Waals surface area contributed by atoms with Gasteiger partial charge in [0.05, 0.1) is 0 Å². The van der Waals surface area contributed by atoms with E-state index in [0.29, 0.717) is 0 Å². The zero-order valence-corrected chi connectivity index (χ0v) is 7.50. The normalized spacial score (nSPS) is 17.0. The molecule has 0 saturated carbocycles. The lowest BCUT2D eigenvalue weighted by atomic mass is 10.0. The van der Waals surface area contributed by atoms with Crippen molar-refractivity contribution in [2.75, 3.05) is 6.16 Å². The number of quaternary nitrogens is 1. The van der Waals surface area contributed by atoms with Crippen molar-refractivity contribution in [3.05, 3.63) is 0 Å². The fourth-order valence-corrected chi connectivity index (χ4v) is 1.25. The van der Waals surface area contributed by atoms with Crippen molar-refractivity contribution in [2.24, 2.45) is 0 Å². The summed E-state index contributed by atoms with van der Waals surface area (Å²) in [7, 11) is -4.63. The van der Waals surface area contributed by atoms with Gasteiger partial charge in [0, 0.05) is 6.42 Å². The molecule has 0 heterocycles. The summed E-state index contributed by atoms with van der Waals surface area (Å²) in [4.78, 5) is 30.5. The number of rotatable bonds is 4. The fraction of sp³-hybridized carbons (Fsp3) is 0.800. The highest BCUT2D eigenvalue weighted by Gasteiger charge is 2.24. The minimum atomic E-state index is -4.63. The second-order valence-corrected chi connectivity index (χ2v) is 4.60. The Morgan fingerprint density at radius 2 is 2.00 bits per heavy atom. The monoisotopic (exact) mass is 195 g/mol. The second kappa shape index (κ2) is 3.53. The maximum atomic E-state index is 10.3. The number of carbonyl (C=O) groups excluding carboxylic acids is 1. The third-order valence-corrected chi connectivity index (χ3v) is 2.20. The van der Waals surface area contributed by atoms with Crippen molar-refractivity contribution in [1.82, 2.24) is 0 Å². The highest BCUT2D eigenvalue weighted by molar-refractivity contribution is 7.48. The lowest BCUT2D eigenvalue weighted by Crippen LogP contribution is -2.78. The molecule has 0 bridgehead atoms. The van der Waals surface area contributed by atoms with Crippen LogP contribution in [0.5, 0.6) is 0 Å². The Hall–Kier alpha value is -0.420. The van der Waals surface area contributed by atoms with Crippen LogP contribution in [0.3, 0.4) is 0 Å². The molecule has 0 amide bonds. The van der Waals surface area contributed by atoms with Gasteiger partial charge in [-0.05, 0) is 13.1 Å². The van der Waals surface area contributed by atoms with Gasteiger partial charge in [0.15, 0.2) is 0 Å². The standard InChI is InChI=1S/C5H12NO5P/c1-5(6,4(7)8)2-3-12(9,10)11/h2-3,6H2,1H3,(H,7,8)(H2,9,10,11)/p-2/t5-/m1/s1. The summed E-state index contributed by atoms with van der Waals surface area (Å²) in [5.41, 5.74) is 1.70. The van der Waals surface area contributed by atoms with E-state index in [1.54, 1.807) is 0 Å². The van der Waals surface area contributed by atoms with E-state index in [1.165, 1.54) is 6.92 Å². The molecule has 72 valence electrons. The van der Waals surface area contributed by atoms with Gasteiger partial charge in [-0.15, -0.1) is 0 Å². The van der Waals surface area contributed by atoms with Crippen molar-refractivity contribution in [3.63, 3.8) is 0 Å². The van der Waals surface area contributed by atoms with Crippen LogP contribution in [-0.2, 0) is 9.36 Å². The van der Waals surface area contributed by atoms with Crippen molar-refractivity contribution in [1.29, 1.82) is 0 Å². The molecule has 0 aromatic rings. The van der Waals surface area contributed by atoms with Crippen LogP contribution in [0.4, 0.5) is 0 Å². The van der Waals surface area contributed by atoms with Gasteiger partial charge in [-0.25, -0.2) is 0 Å². The van der Waals surface area contributed by atoms with Gasteiger partial charge < -0.3 is 30.0 Å². The summed E-state index contributed by atoms with van der Waals surface area (Å²) in [6, 6.07) is 0. The van der Waals surface area contributed by atoms with E-state index >= 15 is 0 Å². The third-order valence-electron chi connectivity index (χ3n) is 1.43. The first-order valence-corrected chi connectivity index (χ1v) is 4.96. The number of hydrogen-bond acceptors (Lipinski definition) is 5. The highest BCUT2D eigenvalue weighted by Crippen LogP contribution is 2.25. The molecule has 1 atom stereocenters. The summed E-state index contributed by atoms with van der Waals surface area (Å²) in [6.45, 7) is 1.21. The van der Waals surface area contributed by atoms with Crippen LogP contribution >= 0.6 is 7.60 Å². The van der Waals surface area contributed by atoms with Gasteiger partial charge in [-0.2, -0.15) is 0 Å². The predicted octanol–water partition coefficient (Wildman–Crippen LogP) is -3.96. The minimum Gasteiger partial charge on any atom is -0.811 e. The second-order valence-electron chi connectivity index (χ2n) is 2.93. The van der Waals surface area contributed by atoms with Crippen LogP contribution in [0, 0.1) is 0 Å². The SMILES string of the molecule is C[C@@]([NH3+])(CCP(=O)([O-])[O-])C(=O)[O-]. The van der Waals surface area contributed by atoms with Gasteiger partial charge in [-0.3, -0.25) is 0 Å². The number of carboxylic acids is 1. The van der Waals surface area contributed by atoms with Crippen LogP contribution < -0.4 is 20.6 Å². The van der Waals surface area contributed by atoms with Crippen LogP contribution in [0.25, 0.3) is 0 Å². The average Bonchev–Trinajstić information content (AvgIpc) is 1.82. The zero-order chi connectivity index (χ0) is 9.99. The van der Waals surface area contributed by atoms with Gasteiger partial charge in [-0.1, -0.05) is 7.60 Å². The molecule has 0 spiro atoms. The molecule has 0 aromatic heterocycles. The molecule has 6 nitrogen and oxygen atoms in total. The Morgan fingerprint density at radius 1 is 1.58 bits per heavy atom. The topological polar surface area (TPSA) is 131 Å². The molecule has 0 fully saturated rings. The Kier molecular flexibility index (Phi) is 3.41. The van der Waals surface area contributed by atoms with Crippen molar-refractivity contribution in [2.45, 2.75) is 18.9 Å². The molecule has 0 radical (unpaired) electrons. The molecule has 0 aliphatic heterocycles. The molecule has 7 heteroatoms. The highest BCUT2D eigenvalue weighted by atomic mass is 31.2. The summed E-state index contributed by atoms with van der Waals surface area (Å²) in [6.07, 6.45) is -1.03. The Bertz CT molecular complexity index is 220. The van der Waals surface area contributed by atoms with Crippen molar-refractivity contribution < 1.29 is 30.0 Å². The number of carbonyl (C=O) groups is 1. The molecular weight excluding hydrogens is 185 g/mol. The summed E-state index contributed by atoms with van der Waals surface area (Å²) >= 11 is 0. The number of carboxylic acid groups (broad SMARTS) is 1. The summed E-state index contributed by atoms with van der Waals surface area (Å²) < 4.78 is 10.1. The maximum Gasteiger partial charge on any atom is 0.132 e. The molecule has 0 aliphatic rings. The van der Waals surface area contributed by atoms with Crippen LogP contribution in [0.15, 0.2) is 0 Å². The lowest BCUT2D eigenvalue weighted by Gasteiger charge is -2.32. The van der Waals surface area contributed by atoms with E-state index in [2.05, 4.69) is 5.73 Å². The molecular formula is C5H10NO5P-2.